The van der Waals surface area contributed by atoms with E-state index in [1.54, 1.807) is 0 Å². The standard InChI is InChI=1S/C19H39N3O/c20-18-13-11-17(12-14-18)16-22-15-9-7-5-3-1-2-4-6-8-10-19(21)23/h17-18,22H,1-16,20H2,(H2,21,23). The Balaban J connectivity index is 1.72. The molecule has 1 rings (SSSR count). The number of unbranched alkanes of at least 4 members (excludes halogenated alkanes) is 8. The monoisotopic (exact) mass is 325 g/mol. The molecule has 1 amide bonds. The molecule has 1 saturated carbocycles. The molecule has 0 aromatic rings. The van der Waals surface area contributed by atoms with Crippen molar-refractivity contribution < 1.29 is 4.79 Å². The first-order valence-electron chi connectivity index (χ1n) is 9.93. The van der Waals surface area contributed by atoms with E-state index >= 15 is 0 Å². The first-order valence-corrected chi connectivity index (χ1v) is 9.93. The van der Waals surface area contributed by atoms with Gasteiger partial charge in [0.25, 0.3) is 0 Å². The highest BCUT2D eigenvalue weighted by molar-refractivity contribution is 5.73. The molecule has 23 heavy (non-hydrogen) atoms. The predicted octanol–water partition coefficient (Wildman–Crippen LogP) is 3.48. The van der Waals surface area contributed by atoms with Gasteiger partial charge in [0.15, 0.2) is 0 Å². The molecular formula is C19H39N3O. The minimum Gasteiger partial charge on any atom is -0.370 e. The number of hydrogen-bond acceptors (Lipinski definition) is 3. The summed E-state index contributed by atoms with van der Waals surface area (Å²) < 4.78 is 0. The molecule has 5 N–H and O–H groups in total. The SMILES string of the molecule is NC(=O)CCCCCCCCCCCNCC1CCC(N)CC1. The van der Waals surface area contributed by atoms with Crippen LogP contribution >= 0.6 is 0 Å². The van der Waals surface area contributed by atoms with Gasteiger partial charge in [0, 0.05) is 12.5 Å². The van der Waals surface area contributed by atoms with Crippen LogP contribution < -0.4 is 16.8 Å². The number of carbonyl (C=O) groups is 1. The van der Waals surface area contributed by atoms with Gasteiger partial charge in [0.05, 0.1) is 0 Å². The van der Waals surface area contributed by atoms with E-state index in [2.05, 4.69) is 5.32 Å². The zero-order valence-corrected chi connectivity index (χ0v) is 15.0. The summed E-state index contributed by atoms with van der Waals surface area (Å²) in [5.74, 6) is 0.704. The molecule has 0 aromatic heterocycles. The second kappa shape index (κ2) is 13.8. The summed E-state index contributed by atoms with van der Waals surface area (Å²) in [4.78, 5) is 10.6. The van der Waals surface area contributed by atoms with Gasteiger partial charge in [-0.1, -0.05) is 44.9 Å². The summed E-state index contributed by atoms with van der Waals surface area (Å²) in [6.45, 7) is 2.37. The van der Waals surface area contributed by atoms with Crippen molar-refractivity contribution in [1.29, 1.82) is 0 Å². The fraction of sp³-hybridized carbons (Fsp3) is 0.947. The Morgan fingerprint density at radius 1 is 0.826 bits per heavy atom. The number of nitrogens with two attached hydrogens (primary N) is 2. The Morgan fingerprint density at radius 2 is 1.35 bits per heavy atom. The molecule has 0 heterocycles. The summed E-state index contributed by atoms with van der Waals surface area (Å²) in [6, 6.07) is 0.467. The van der Waals surface area contributed by atoms with Crippen LogP contribution in [0.2, 0.25) is 0 Å². The summed E-state index contributed by atoms with van der Waals surface area (Å²) in [5, 5.41) is 3.63. The topological polar surface area (TPSA) is 81.1 Å². The van der Waals surface area contributed by atoms with E-state index < -0.39 is 0 Å². The van der Waals surface area contributed by atoms with E-state index in [1.807, 2.05) is 0 Å². The van der Waals surface area contributed by atoms with E-state index in [9.17, 15) is 4.79 Å². The van der Waals surface area contributed by atoms with Crippen LogP contribution in [0.5, 0.6) is 0 Å². The van der Waals surface area contributed by atoms with Crippen molar-refractivity contribution in [2.45, 2.75) is 95.9 Å². The maximum atomic E-state index is 10.6. The molecule has 0 aliphatic heterocycles. The lowest BCUT2D eigenvalue weighted by atomic mass is 9.86. The van der Waals surface area contributed by atoms with Crippen molar-refractivity contribution in [2.24, 2.45) is 17.4 Å². The number of nitrogens with one attached hydrogen (secondary N) is 1. The third kappa shape index (κ3) is 12.5. The maximum Gasteiger partial charge on any atom is 0.217 e. The minimum atomic E-state index is -0.161. The minimum absolute atomic E-state index is 0.161. The van der Waals surface area contributed by atoms with Gasteiger partial charge in [0.1, 0.15) is 0 Å². The van der Waals surface area contributed by atoms with Crippen LogP contribution in [0.25, 0.3) is 0 Å². The van der Waals surface area contributed by atoms with Crippen molar-refractivity contribution in [1.82, 2.24) is 5.32 Å². The lowest BCUT2D eigenvalue weighted by molar-refractivity contribution is -0.118. The molecule has 1 aliphatic carbocycles. The molecule has 0 radical (unpaired) electrons. The smallest absolute Gasteiger partial charge is 0.217 e. The van der Waals surface area contributed by atoms with Crippen LogP contribution in [-0.2, 0) is 4.79 Å². The second-order valence-electron chi connectivity index (χ2n) is 7.38. The molecule has 1 fully saturated rings. The average molecular weight is 326 g/mol. The highest BCUT2D eigenvalue weighted by atomic mass is 16.1. The molecule has 136 valence electrons. The van der Waals surface area contributed by atoms with Crippen molar-refractivity contribution >= 4 is 5.91 Å². The largest absolute Gasteiger partial charge is 0.370 e. The van der Waals surface area contributed by atoms with E-state index in [-0.39, 0.29) is 5.91 Å². The first-order chi connectivity index (χ1) is 11.2. The predicted molar refractivity (Wildman–Crippen MR) is 98.2 cm³/mol. The van der Waals surface area contributed by atoms with Gasteiger partial charge in [-0.25, -0.2) is 0 Å². The second-order valence-corrected chi connectivity index (χ2v) is 7.38. The lowest BCUT2D eigenvalue weighted by Gasteiger charge is -2.26. The summed E-state index contributed by atoms with van der Waals surface area (Å²) in [7, 11) is 0. The Morgan fingerprint density at radius 3 is 1.91 bits per heavy atom. The number of primary amides is 1. The highest BCUT2D eigenvalue weighted by Gasteiger charge is 2.17. The zero-order valence-electron chi connectivity index (χ0n) is 15.0. The quantitative estimate of drug-likeness (QED) is 0.428. The first kappa shape index (κ1) is 20.4. The van der Waals surface area contributed by atoms with Crippen molar-refractivity contribution in [3.8, 4) is 0 Å². The zero-order chi connectivity index (χ0) is 16.8. The number of rotatable bonds is 14. The Hall–Kier alpha value is -0.610. The number of amides is 1. The average Bonchev–Trinajstić information content (AvgIpc) is 2.53. The summed E-state index contributed by atoms with van der Waals surface area (Å²) >= 11 is 0. The van der Waals surface area contributed by atoms with E-state index in [0.717, 1.165) is 18.8 Å². The molecule has 0 unspecified atom stereocenters. The van der Waals surface area contributed by atoms with Crippen molar-refractivity contribution in [3.63, 3.8) is 0 Å². The molecule has 0 atom stereocenters. The number of carbonyl (C=O) groups excluding carboxylic acids is 1. The number of hydrogen-bond donors (Lipinski definition) is 3. The van der Waals surface area contributed by atoms with Gasteiger partial charge < -0.3 is 16.8 Å². The molecule has 0 aromatic carbocycles. The third-order valence-corrected chi connectivity index (χ3v) is 5.10. The van der Waals surface area contributed by atoms with Gasteiger partial charge in [-0.3, -0.25) is 4.79 Å². The summed E-state index contributed by atoms with van der Waals surface area (Å²) in [5.41, 5.74) is 11.1. The molecule has 4 heteroatoms. The van der Waals surface area contributed by atoms with Crippen LogP contribution in [0.4, 0.5) is 0 Å². The van der Waals surface area contributed by atoms with E-state index in [0.29, 0.717) is 12.5 Å². The van der Waals surface area contributed by atoms with Crippen molar-refractivity contribution in [3.05, 3.63) is 0 Å². The highest BCUT2D eigenvalue weighted by Crippen LogP contribution is 2.22. The van der Waals surface area contributed by atoms with Crippen LogP contribution in [0.15, 0.2) is 0 Å². The van der Waals surface area contributed by atoms with Gasteiger partial charge in [-0.05, 0) is 57.5 Å². The molecule has 0 spiro atoms. The molecule has 4 nitrogen and oxygen atoms in total. The van der Waals surface area contributed by atoms with Crippen molar-refractivity contribution in [2.75, 3.05) is 13.1 Å². The molecule has 1 aliphatic rings. The normalized spacial score (nSPS) is 21.4. The third-order valence-electron chi connectivity index (χ3n) is 5.10. The fourth-order valence-corrected chi connectivity index (χ4v) is 3.49. The van der Waals surface area contributed by atoms with Gasteiger partial charge in [-0.15, -0.1) is 0 Å². The molecule has 0 saturated heterocycles. The van der Waals surface area contributed by atoms with E-state index in [1.165, 1.54) is 83.7 Å². The van der Waals surface area contributed by atoms with Gasteiger partial charge in [-0.2, -0.15) is 0 Å². The van der Waals surface area contributed by atoms with Crippen LogP contribution in [0, 0.1) is 5.92 Å². The van der Waals surface area contributed by atoms with E-state index in [4.69, 9.17) is 11.5 Å². The summed E-state index contributed by atoms with van der Waals surface area (Å²) in [6.07, 6.45) is 17.0. The van der Waals surface area contributed by atoms with Crippen LogP contribution in [0.3, 0.4) is 0 Å². The van der Waals surface area contributed by atoms with Crippen LogP contribution in [-0.4, -0.2) is 25.0 Å². The molecule has 0 bridgehead atoms. The van der Waals surface area contributed by atoms with Crippen LogP contribution in [0.1, 0.15) is 89.9 Å². The Bertz CT molecular complexity index is 288. The maximum absolute atomic E-state index is 10.6. The van der Waals surface area contributed by atoms with Gasteiger partial charge >= 0.3 is 0 Å². The fourth-order valence-electron chi connectivity index (χ4n) is 3.49. The van der Waals surface area contributed by atoms with Gasteiger partial charge in [0.2, 0.25) is 5.91 Å². The lowest BCUT2D eigenvalue weighted by Crippen LogP contribution is -2.32. The molecular weight excluding hydrogens is 286 g/mol. The Kier molecular flexibility index (Phi) is 12.3. The Labute approximate surface area is 143 Å².